The molecule has 0 unspecified atom stereocenters. The van der Waals surface area contributed by atoms with Gasteiger partial charge in [-0.25, -0.2) is 13.8 Å². The van der Waals surface area contributed by atoms with Gasteiger partial charge in [0.05, 0.1) is 23.9 Å². The van der Waals surface area contributed by atoms with Crippen molar-refractivity contribution in [1.82, 2.24) is 5.43 Å². The molecule has 31 heavy (non-hydrogen) atoms. The van der Waals surface area contributed by atoms with E-state index in [1.54, 1.807) is 30.3 Å². The van der Waals surface area contributed by atoms with E-state index < -0.39 is 22.5 Å². The molecule has 2 aromatic carbocycles. The summed E-state index contributed by atoms with van der Waals surface area (Å²) >= 11 is 7.59. The Labute approximate surface area is 190 Å². The molecule has 3 aromatic rings. The first kappa shape index (κ1) is 22.8. The van der Waals surface area contributed by atoms with Crippen LogP contribution in [0, 0.1) is 6.92 Å². The maximum Gasteiger partial charge on any atom is 0.264 e. The second-order valence-electron chi connectivity index (χ2n) is 6.40. The second-order valence-corrected chi connectivity index (χ2v) is 9.65. The SMILES string of the molecule is COc1ccc(Cl)cc1N(CC(=O)N/N=C\c1sccc1C)S(=O)(=O)c1ccccc1. The summed E-state index contributed by atoms with van der Waals surface area (Å²) in [7, 11) is -2.68. The van der Waals surface area contributed by atoms with Crippen LogP contribution < -0.4 is 14.5 Å². The van der Waals surface area contributed by atoms with E-state index in [9.17, 15) is 13.2 Å². The summed E-state index contributed by atoms with van der Waals surface area (Å²) in [6, 6.07) is 14.3. The predicted octanol–water partition coefficient (Wildman–Crippen LogP) is 4.06. The van der Waals surface area contributed by atoms with E-state index in [1.165, 1.54) is 42.9 Å². The number of hydrazone groups is 1. The average Bonchev–Trinajstić information content (AvgIpc) is 3.17. The van der Waals surface area contributed by atoms with Crippen molar-refractivity contribution in [2.45, 2.75) is 11.8 Å². The van der Waals surface area contributed by atoms with Crippen LogP contribution in [0.5, 0.6) is 5.75 Å². The van der Waals surface area contributed by atoms with E-state index in [0.29, 0.717) is 5.02 Å². The van der Waals surface area contributed by atoms with Crippen LogP contribution in [0.15, 0.2) is 70.0 Å². The highest BCUT2D eigenvalue weighted by Gasteiger charge is 2.29. The molecular formula is C21H20ClN3O4S2. The lowest BCUT2D eigenvalue weighted by molar-refractivity contribution is -0.119. The Hall–Kier alpha value is -2.88. The molecule has 1 aromatic heterocycles. The fourth-order valence-corrected chi connectivity index (χ4v) is 5.12. The normalized spacial score (nSPS) is 11.5. The Kier molecular flexibility index (Phi) is 7.32. The Balaban J connectivity index is 1.93. The Morgan fingerprint density at radius 2 is 1.97 bits per heavy atom. The van der Waals surface area contributed by atoms with Crippen molar-refractivity contribution in [1.29, 1.82) is 0 Å². The van der Waals surface area contributed by atoms with Gasteiger partial charge in [-0.1, -0.05) is 29.8 Å². The van der Waals surface area contributed by atoms with Crippen molar-refractivity contribution in [3.63, 3.8) is 0 Å². The first-order chi connectivity index (χ1) is 14.8. The van der Waals surface area contributed by atoms with E-state index in [2.05, 4.69) is 10.5 Å². The minimum Gasteiger partial charge on any atom is -0.495 e. The van der Waals surface area contributed by atoms with Crippen molar-refractivity contribution >= 4 is 50.8 Å². The third kappa shape index (κ3) is 5.43. The molecule has 0 radical (unpaired) electrons. The lowest BCUT2D eigenvalue weighted by Crippen LogP contribution is -2.39. The van der Waals surface area contributed by atoms with Crippen LogP contribution in [-0.4, -0.2) is 34.2 Å². The Morgan fingerprint density at radius 1 is 1.23 bits per heavy atom. The van der Waals surface area contributed by atoms with Gasteiger partial charge in [0.2, 0.25) is 0 Å². The highest BCUT2D eigenvalue weighted by molar-refractivity contribution is 7.92. The van der Waals surface area contributed by atoms with Gasteiger partial charge in [-0.05, 0) is 54.3 Å². The summed E-state index contributed by atoms with van der Waals surface area (Å²) in [6.45, 7) is 1.41. The lowest BCUT2D eigenvalue weighted by Gasteiger charge is -2.25. The van der Waals surface area contributed by atoms with Gasteiger partial charge in [0.15, 0.2) is 0 Å². The number of ether oxygens (including phenoxy) is 1. The van der Waals surface area contributed by atoms with Crippen molar-refractivity contribution in [3.05, 3.63) is 75.4 Å². The molecule has 0 atom stereocenters. The molecule has 0 fully saturated rings. The summed E-state index contributed by atoms with van der Waals surface area (Å²) in [5.41, 5.74) is 3.55. The zero-order chi connectivity index (χ0) is 22.4. The first-order valence-electron chi connectivity index (χ1n) is 9.10. The van der Waals surface area contributed by atoms with Gasteiger partial charge in [0.25, 0.3) is 15.9 Å². The third-order valence-electron chi connectivity index (χ3n) is 4.30. The number of methoxy groups -OCH3 is 1. The van der Waals surface area contributed by atoms with Gasteiger partial charge in [0.1, 0.15) is 12.3 Å². The molecule has 10 heteroatoms. The number of amides is 1. The van der Waals surface area contributed by atoms with E-state index in [-0.39, 0.29) is 16.3 Å². The maximum atomic E-state index is 13.4. The van der Waals surface area contributed by atoms with Crippen LogP contribution >= 0.6 is 22.9 Å². The largest absolute Gasteiger partial charge is 0.495 e. The summed E-state index contributed by atoms with van der Waals surface area (Å²) in [5.74, 6) is -0.360. The zero-order valence-corrected chi connectivity index (χ0v) is 19.2. The standard InChI is InChI=1S/C21H20ClN3O4S2/c1-15-10-11-30-20(15)13-23-24-21(26)14-25(18-12-16(22)8-9-19(18)29-2)31(27,28)17-6-4-3-5-7-17/h3-13H,14H2,1-2H3,(H,24,26)/b23-13-. The van der Waals surface area contributed by atoms with Crippen LogP contribution in [0.2, 0.25) is 5.02 Å². The molecule has 0 spiro atoms. The predicted molar refractivity (Wildman–Crippen MR) is 124 cm³/mol. The lowest BCUT2D eigenvalue weighted by atomic mass is 10.3. The van der Waals surface area contributed by atoms with E-state index in [4.69, 9.17) is 16.3 Å². The number of thiophene rings is 1. The molecule has 1 heterocycles. The molecule has 0 aliphatic heterocycles. The number of carbonyl (C=O) groups is 1. The molecule has 0 aliphatic carbocycles. The Bertz CT molecular complexity index is 1190. The fraction of sp³-hybridized carbons (Fsp3) is 0.143. The van der Waals surface area contributed by atoms with Crippen LogP contribution in [-0.2, 0) is 14.8 Å². The number of hydrogen-bond acceptors (Lipinski definition) is 6. The topological polar surface area (TPSA) is 88.1 Å². The summed E-state index contributed by atoms with van der Waals surface area (Å²) in [6.07, 6.45) is 1.52. The molecule has 0 saturated heterocycles. The number of halogens is 1. The van der Waals surface area contributed by atoms with Gasteiger partial charge in [-0.15, -0.1) is 11.3 Å². The fourth-order valence-electron chi connectivity index (χ4n) is 2.72. The van der Waals surface area contributed by atoms with Crippen LogP contribution in [0.3, 0.4) is 0 Å². The van der Waals surface area contributed by atoms with Crippen molar-refractivity contribution in [3.8, 4) is 5.75 Å². The quantitative estimate of drug-likeness (QED) is 0.391. The first-order valence-corrected chi connectivity index (χ1v) is 11.8. The number of aryl methyl sites for hydroxylation is 1. The molecule has 3 rings (SSSR count). The smallest absolute Gasteiger partial charge is 0.264 e. The maximum absolute atomic E-state index is 13.4. The molecular weight excluding hydrogens is 458 g/mol. The Morgan fingerprint density at radius 3 is 2.61 bits per heavy atom. The minimum atomic E-state index is -4.09. The minimum absolute atomic E-state index is 0.0301. The van der Waals surface area contributed by atoms with E-state index in [1.807, 2.05) is 18.4 Å². The van der Waals surface area contributed by atoms with Crippen molar-refractivity contribution in [2.24, 2.45) is 5.10 Å². The average molecular weight is 478 g/mol. The van der Waals surface area contributed by atoms with Crippen LogP contribution in [0.25, 0.3) is 0 Å². The number of hydrogen-bond donors (Lipinski definition) is 1. The highest BCUT2D eigenvalue weighted by atomic mass is 35.5. The van der Waals surface area contributed by atoms with Crippen LogP contribution in [0.4, 0.5) is 5.69 Å². The van der Waals surface area contributed by atoms with Gasteiger partial charge in [-0.3, -0.25) is 9.10 Å². The molecule has 1 amide bonds. The number of sulfonamides is 1. The number of rotatable bonds is 8. The van der Waals surface area contributed by atoms with Gasteiger partial charge < -0.3 is 4.74 Å². The van der Waals surface area contributed by atoms with Crippen LogP contribution in [0.1, 0.15) is 10.4 Å². The number of benzene rings is 2. The van der Waals surface area contributed by atoms with E-state index >= 15 is 0 Å². The molecule has 0 saturated carbocycles. The second kappa shape index (κ2) is 9.95. The number of nitrogens with zero attached hydrogens (tertiary/aromatic N) is 2. The number of anilines is 1. The highest BCUT2D eigenvalue weighted by Crippen LogP contribution is 2.34. The molecule has 0 bridgehead atoms. The van der Waals surface area contributed by atoms with E-state index in [0.717, 1.165) is 14.7 Å². The van der Waals surface area contributed by atoms with Gasteiger partial charge >= 0.3 is 0 Å². The zero-order valence-electron chi connectivity index (χ0n) is 16.8. The van der Waals surface area contributed by atoms with Gasteiger partial charge in [-0.2, -0.15) is 5.10 Å². The number of nitrogens with one attached hydrogen (secondary N) is 1. The number of carbonyl (C=O) groups excluding carboxylic acids is 1. The summed E-state index contributed by atoms with van der Waals surface area (Å²) < 4.78 is 33.0. The molecule has 7 nitrogen and oxygen atoms in total. The molecule has 162 valence electrons. The summed E-state index contributed by atoms with van der Waals surface area (Å²) in [4.78, 5) is 13.5. The van der Waals surface area contributed by atoms with Crippen molar-refractivity contribution in [2.75, 3.05) is 18.0 Å². The van der Waals surface area contributed by atoms with Crippen molar-refractivity contribution < 1.29 is 17.9 Å². The third-order valence-corrected chi connectivity index (χ3v) is 7.26. The molecule has 0 aliphatic rings. The monoisotopic (exact) mass is 477 g/mol. The molecule has 1 N–H and O–H groups in total. The summed E-state index contributed by atoms with van der Waals surface area (Å²) in [5, 5.41) is 6.16. The van der Waals surface area contributed by atoms with Gasteiger partial charge in [0, 0.05) is 9.90 Å².